The Morgan fingerprint density at radius 2 is 1.94 bits per heavy atom. The van der Waals surface area contributed by atoms with Crippen LogP contribution in [0.5, 0.6) is 5.75 Å². The molecule has 1 aromatic heterocycles. The summed E-state index contributed by atoms with van der Waals surface area (Å²) in [6.07, 6.45) is 0. The molecule has 0 radical (unpaired) electrons. The first kappa shape index (κ1) is 22.4. The fourth-order valence-electron chi connectivity index (χ4n) is 3.34. The lowest BCUT2D eigenvalue weighted by atomic mass is 10.2. The number of aromatic nitrogens is 3. The van der Waals surface area contributed by atoms with E-state index in [2.05, 4.69) is 20.4 Å². The quantitative estimate of drug-likeness (QED) is 0.522. The Balaban J connectivity index is 1.54. The molecule has 4 rings (SSSR count). The van der Waals surface area contributed by atoms with Crippen LogP contribution in [-0.4, -0.2) is 59.8 Å². The van der Waals surface area contributed by atoms with Crippen LogP contribution in [0.2, 0.25) is 5.02 Å². The predicted octanol–water partition coefficient (Wildman–Crippen LogP) is 3.81. The third-order valence-corrected chi connectivity index (χ3v) is 6.13. The van der Waals surface area contributed by atoms with Gasteiger partial charge >= 0.3 is 0 Å². The van der Waals surface area contributed by atoms with Crippen LogP contribution in [0.4, 0.5) is 11.6 Å². The maximum atomic E-state index is 12.7. The molecule has 0 aliphatic carbocycles. The van der Waals surface area contributed by atoms with E-state index in [1.54, 1.807) is 25.3 Å². The number of anilines is 2. The van der Waals surface area contributed by atoms with Crippen molar-refractivity contribution in [3.8, 4) is 11.4 Å². The van der Waals surface area contributed by atoms with Gasteiger partial charge in [0.1, 0.15) is 5.75 Å². The standard InChI is InChI=1S/C22H24ClN5O3S/c1-15-3-6-17(7-4-15)28-21(27-9-11-31-12-10-27)25-26-22(28)32-14-20(29)24-18-13-16(23)5-8-19(18)30-2/h3-8,13H,9-12,14H2,1-2H3,(H,24,29). The first-order chi connectivity index (χ1) is 15.5. The number of nitrogens with zero attached hydrogens (tertiary/aromatic N) is 4. The summed E-state index contributed by atoms with van der Waals surface area (Å²) in [5.41, 5.74) is 2.64. The van der Waals surface area contributed by atoms with Crippen molar-refractivity contribution < 1.29 is 14.3 Å². The van der Waals surface area contributed by atoms with Crippen LogP contribution < -0.4 is 15.0 Å². The summed E-state index contributed by atoms with van der Waals surface area (Å²) in [6.45, 7) is 4.82. The van der Waals surface area contributed by atoms with E-state index < -0.39 is 0 Å². The number of halogens is 1. The number of carbonyl (C=O) groups excluding carboxylic acids is 1. The van der Waals surface area contributed by atoms with Crippen LogP contribution in [0.15, 0.2) is 47.6 Å². The monoisotopic (exact) mass is 473 g/mol. The van der Waals surface area contributed by atoms with E-state index in [9.17, 15) is 4.79 Å². The zero-order valence-corrected chi connectivity index (χ0v) is 19.4. The van der Waals surface area contributed by atoms with Gasteiger partial charge in [0.15, 0.2) is 5.16 Å². The minimum Gasteiger partial charge on any atom is -0.495 e. The molecule has 3 aromatic rings. The average Bonchev–Trinajstić information content (AvgIpc) is 3.23. The molecule has 1 aliphatic heterocycles. The number of hydrogen-bond acceptors (Lipinski definition) is 7. The maximum absolute atomic E-state index is 12.7. The molecular formula is C22H24ClN5O3S. The summed E-state index contributed by atoms with van der Waals surface area (Å²) in [5, 5.41) is 12.8. The number of amides is 1. The Bertz CT molecular complexity index is 1080. The fraction of sp³-hybridized carbons (Fsp3) is 0.318. The van der Waals surface area contributed by atoms with E-state index in [0.29, 0.717) is 34.8 Å². The van der Waals surface area contributed by atoms with Crippen molar-refractivity contribution in [2.24, 2.45) is 0 Å². The number of rotatable bonds is 7. The van der Waals surface area contributed by atoms with E-state index in [4.69, 9.17) is 21.1 Å². The average molecular weight is 474 g/mol. The van der Waals surface area contributed by atoms with Crippen LogP contribution >= 0.6 is 23.4 Å². The second-order valence-electron chi connectivity index (χ2n) is 7.23. The van der Waals surface area contributed by atoms with Gasteiger partial charge in [0.25, 0.3) is 0 Å². The molecule has 0 unspecified atom stereocenters. The van der Waals surface area contributed by atoms with Gasteiger partial charge in [0.05, 0.1) is 37.5 Å². The molecule has 32 heavy (non-hydrogen) atoms. The van der Waals surface area contributed by atoms with Crippen molar-refractivity contribution in [3.63, 3.8) is 0 Å². The Hall–Kier alpha value is -2.75. The van der Waals surface area contributed by atoms with Crippen LogP contribution in [0.3, 0.4) is 0 Å². The highest BCUT2D eigenvalue weighted by molar-refractivity contribution is 7.99. The number of thioether (sulfide) groups is 1. The maximum Gasteiger partial charge on any atom is 0.234 e. The molecule has 2 aromatic carbocycles. The van der Waals surface area contributed by atoms with Crippen LogP contribution in [0.1, 0.15) is 5.56 Å². The number of hydrogen-bond donors (Lipinski definition) is 1. The van der Waals surface area contributed by atoms with E-state index in [-0.39, 0.29) is 11.7 Å². The molecule has 8 nitrogen and oxygen atoms in total. The molecular weight excluding hydrogens is 450 g/mol. The second kappa shape index (κ2) is 10.2. The third-order valence-electron chi connectivity index (χ3n) is 4.97. The minimum absolute atomic E-state index is 0.156. The lowest BCUT2D eigenvalue weighted by Gasteiger charge is -2.28. The second-order valence-corrected chi connectivity index (χ2v) is 8.61. The Morgan fingerprint density at radius 1 is 1.19 bits per heavy atom. The van der Waals surface area contributed by atoms with Crippen molar-refractivity contribution >= 4 is 40.9 Å². The smallest absolute Gasteiger partial charge is 0.234 e. The molecule has 1 amide bonds. The minimum atomic E-state index is -0.193. The van der Waals surface area contributed by atoms with E-state index in [1.807, 2.05) is 35.8 Å². The Morgan fingerprint density at radius 3 is 2.66 bits per heavy atom. The van der Waals surface area contributed by atoms with Gasteiger partial charge in [-0.05, 0) is 37.3 Å². The van der Waals surface area contributed by atoms with Gasteiger partial charge in [-0.15, -0.1) is 10.2 Å². The molecule has 10 heteroatoms. The topological polar surface area (TPSA) is 81.5 Å². The normalized spacial score (nSPS) is 13.8. The van der Waals surface area contributed by atoms with Gasteiger partial charge in [-0.2, -0.15) is 0 Å². The highest BCUT2D eigenvalue weighted by Gasteiger charge is 2.22. The zero-order valence-electron chi connectivity index (χ0n) is 17.9. The molecule has 1 saturated heterocycles. The van der Waals surface area contributed by atoms with Gasteiger partial charge < -0.3 is 19.7 Å². The fourth-order valence-corrected chi connectivity index (χ4v) is 4.26. The first-order valence-corrected chi connectivity index (χ1v) is 11.5. The van der Waals surface area contributed by atoms with Gasteiger partial charge in [-0.3, -0.25) is 9.36 Å². The van der Waals surface area contributed by atoms with Crippen LogP contribution in [0.25, 0.3) is 5.69 Å². The molecule has 0 bridgehead atoms. The lowest BCUT2D eigenvalue weighted by Crippen LogP contribution is -2.37. The predicted molar refractivity (Wildman–Crippen MR) is 126 cm³/mol. The zero-order chi connectivity index (χ0) is 22.5. The molecule has 1 N–H and O–H groups in total. The molecule has 1 fully saturated rings. The van der Waals surface area contributed by atoms with Gasteiger partial charge in [0.2, 0.25) is 11.9 Å². The number of morpholine rings is 1. The van der Waals surface area contributed by atoms with Crippen molar-refractivity contribution in [1.82, 2.24) is 14.8 Å². The van der Waals surface area contributed by atoms with E-state index in [1.165, 1.54) is 17.3 Å². The van der Waals surface area contributed by atoms with Crippen LogP contribution in [0, 0.1) is 6.92 Å². The number of methoxy groups -OCH3 is 1. The summed E-state index contributed by atoms with van der Waals surface area (Å²) in [5.74, 6) is 1.26. The lowest BCUT2D eigenvalue weighted by molar-refractivity contribution is -0.113. The van der Waals surface area contributed by atoms with Crippen LogP contribution in [-0.2, 0) is 9.53 Å². The molecule has 168 valence electrons. The van der Waals surface area contributed by atoms with E-state index >= 15 is 0 Å². The SMILES string of the molecule is COc1ccc(Cl)cc1NC(=O)CSc1nnc(N2CCOCC2)n1-c1ccc(C)cc1. The highest BCUT2D eigenvalue weighted by Crippen LogP contribution is 2.30. The number of benzene rings is 2. The third kappa shape index (κ3) is 5.17. The van der Waals surface area contributed by atoms with Gasteiger partial charge in [-0.1, -0.05) is 41.1 Å². The molecule has 1 aliphatic rings. The summed E-state index contributed by atoms with van der Waals surface area (Å²) < 4.78 is 12.8. The summed E-state index contributed by atoms with van der Waals surface area (Å²) >= 11 is 7.38. The Kier molecular flexibility index (Phi) is 7.19. The van der Waals surface area contributed by atoms with Crippen molar-refractivity contribution in [1.29, 1.82) is 0 Å². The first-order valence-electron chi connectivity index (χ1n) is 10.2. The summed E-state index contributed by atoms with van der Waals surface area (Å²) in [7, 11) is 1.55. The highest BCUT2D eigenvalue weighted by atomic mass is 35.5. The number of ether oxygens (including phenoxy) is 2. The van der Waals surface area contributed by atoms with Crippen molar-refractivity contribution in [2.45, 2.75) is 12.1 Å². The molecule has 2 heterocycles. The molecule has 0 saturated carbocycles. The van der Waals surface area contributed by atoms with Crippen molar-refractivity contribution in [2.75, 3.05) is 49.4 Å². The van der Waals surface area contributed by atoms with Gasteiger partial charge in [-0.25, -0.2) is 0 Å². The largest absolute Gasteiger partial charge is 0.495 e. The number of nitrogens with one attached hydrogen (secondary N) is 1. The summed E-state index contributed by atoms with van der Waals surface area (Å²) in [6, 6.07) is 13.2. The molecule has 0 atom stereocenters. The summed E-state index contributed by atoms with van der Waals surface area (Å²) in [4.78, 5) is 14.8. The van der Waals surface area contributed by atoms with E-state index in [0.717, 1.165) is 24.7 Å². The van der Waals surface area contributed by atoms with Crippen molar-refractivity contribution in [3.05, 3.63) is 53.1 Å². The Labute approximate surface area is 195 Å². The van der Waals surface area contributed by atoms with Gasteiger partial charge in [0, 0.05) is 18.1 Å². The number of aryl methyl sites for hydroxylation is 1. The molecule has 0 spiro atoms. The number of carbonyl (C=O) groups is 1.